The van der Waals surface area contributed by atoms with Crippen LogP contribution in [0.25, 0.3) is 0 Å². The van der Waals surface area contributed by atoms with Crippen molar-refractivity contribution in [2.45, 2.75) is 13.8 Å². The topological polar surface area (TPSA) is 105 Å². The lowest BCUT2D eigenvalue weighted by molar-refractivity contribution is -0.120. The molecule has 0 saturated heterocycles. The minimum atomic E-state index is -0.733. The largest absolute Gasteiger partial charge is 0.462 e. The molecule has 0 radical (unpaired) electrons. The number of ether oxygens (including phenoxy) is 1. The van der Waals surface area contributed by atoms with E-state index in [-0.39, 0.29) is 34.5 Å². The molecule has 1 aliphatic rings. The van der Waals surface area contributed by atoms with Gasteiger partial charge in [-0.2, -0.15) is 0 Å². The second kappa shape index (κ2) is 10.9. The van der Waals surface area contributed by atoms with Gasteiger partial charge in [0.05, 0.1) is 17.9 Å². The molecule has 3 aromatic rings. The number of amides is 3. The Hall–Kier alpha value is -4.14. The third kappa shape index (κ3) is 5.50. The lowest BCUT2D eigenvalue weighted by Gasteiger charge is -2.16. The van der Waals surface area contributed by atoms with Crippen LogP contribution < -0.4 is 15.5 Å². The molecule has 0 aromatic heterocycles. The summed E-state index contributed by atoms with van der Waals surface area (Å²) in [5.41, 5.74) is 2.51. The number of carbonyl (C=O) groups is 4. The first-order chi connectivity index (χ1) is 17.7. The molecule has 37 heavy (non-hydrogen) atoms. The van der Waals surface area contributed by atoms with Crippen molar-refractivity contribution in [3.05, 3.63) is 99.2 Å². The van der Waals surface area contributed by atoms with Crippen molar-refractivity contribution >= 4 is 64.0 Å². The second-order valence-electron chi connectivity index (χ2n) is 8.02. The van der Waals surface area contributed by atoms with Crippen LogP contribution in [-0.4, -0.2) is 30.3 Å². The average molecular weight is 538 g/mol. The van der Waals surface area contributed by atoms with Crippen molar-refractivity contribution in [1.82, 2.24) is 0 Å². The highest BCUT2D eigenvalue weighted by Gasteiger charge is 2.39. The van der Waals surface area contributed by atoms with Gasteiger partial charge in [0, 0.05) is 22.0 Å². The van der Waals surface area contributed by atoms with Crippen LogP contribution in [0, 0.1) is 6.92 Å². The Kier molecular flexibility index (Phi) is 7.61. The number of carbonyl (C=O) groups excluding carboxylic acids is 4. The van der Waals surface area contributed by atoms with Gasteiger partial charge in [0.2, 0.25) is 0 Å². The number of halogens is 2. The summed E-state index contributed by atoms with van der Waals surface area (Å²) in [5, 5.41) is 5.87. The van der Waals surface area contributed by atoms with Gasteiger partial charge in [0.25, 0.3) is 17.7 Å². The summed E-state index contributed by atoms with van der Waals surface area (Å²) in [7, 11) is 0. The highest BCUT2D eigenvalue weighted by Crippen LogP contribution is 2.31. The Labute approximate surface area is 222 Å². The van der Waals surface area contributed by atoms with E-state index in [0.717, 1.165) is 10.5 Å². The Balaban J connectivity index is 1.49. The van der Waals surface area contributed by atoms with Gasteiger partial charge in [-0.15, -0.1) is 0 Å². The summed E-state index contributed by atoms with van der Waals surface area (Å²) in [4.78, 5) is 51.5. The van der Waals surface area contributed by atoms with Crippen molar-refractivity contribution in [1.29, 1.82) is 0 Å². The van der Waals surface area contributed by atoms with Crippen LogP contribution in [0.1, 0.15) is 33.2 Å². The molecule has 10 heteroatoms. The van der Waals surface area contributed by atoms with Gasteiger partial charge in [0.1, 0.15) is 10.7 Å². The number of anilines is 3. The fourth-order valence-corrected chi connectivity index (χ4v) is 3.99. The molecule has 0 saturated carbocycles. The van der Waals surface area contributed by atoms with Crippen LogP contribution in [0.2, 0.25) is 5.02 Å². The Morgan fingerprint density at radius 1 is 0.919 bits per heavy atom. The molecular weight excluding hydrogens is 517 g/mol. The predicted octanol–water partition coefficient (Wildman–Crippen LogP) is 5.51. The first kappa shape index (κ1) is 25.9. The SMILES string of the molecule is CCOC(=O)c1cccc(N2C(=O)C(Cl)=C(Nc3ccc(C(=O)Nc4cc(Cl)ccc4C)cc3)C2=O)c1. The van der Waals surface area contributed by atoms with Gasteiger partial charge in [-0.1, -0.05) is 35.3 Å². The summed E-state index contributed by atoms with van der Waals surface area (Å²) in [6.45, 7) is 3.72. The number of imide groups is 1. The molecule has 3 aromatic carbocycles. The van der Waals surface area contributed by atoms with Gasteiger partial charge in [-0.05, 0) is 74.0 Å². The first-order valence-corrected chi connectivity index (χ1v) is 12.0. The smallest absolute Gasteiger partial charge is 0.338 e. The number of nitrogens with one attached hydrogen (secondary N) is 2. The Morgan fingerprint density at radius 2 is 1.65 bits per heavy atom. The van der Waals surface area contributed by atoms with Crippen molar-refractivity contribution in [2.24, 2.45) is 0 Å². The van der Waals surface area contributed by atoms with Gasteiger partial charge in [-0.25, -0.2) is 9.69 Å². The number of benzene rings is 3. The van der Waals surface area contributed by atoms with Crippen LogP contribution in [-0.2, 0) is 14.3 Å². The molecule has 4 rings (SSSR count). The molecular formula is C27H21Cl2N3O5. The van der Waals surface area contributed by atoms with Crippen molar-refractivity contribution in [2.75, 3.05) is 22.1 Å². The van der Waals surface area contributed by atoms with Crippen LogP contribution in [0.4, 0.5) is 17.1 Å². The highest BCUT2D eigenvalue weighted by atomic mass is 35.5. The average Bonchev–Trinajstić information content (AvgIpc) is 3.09. The molecule has 0 bridgehead atoms. The zero-order valence-electron chi connectivity index (χ0n) is 19.8. The molecule has 0 aliphatic carbocycles. The number of rotatable bonds is 7. The monoisotopic (exact) mass is 537 g/mol. The number of hydrogen-bond donors (Lipinski definition) is 2. The number of hydrogen-bond acceptors (Lipinski definition) is 6. The lowest BCUT2D eigenvalue weighted by atomic mass is 10.1. The minimum Gasteiger partial charge on any atom is -0.462 e. The Bertz CT molecular complexity index is 1450. The van der Waals surface area contributed by atoms with E-state index in [9.17, 15) is 19.2 Å². The van der Waals surface area contributed by atoms with Crippen molar-refractivity contribution in [3.8, 4) is 0 Å². The highest BCUT2D eigenvalue weighted by molar-refractivity contribution is 6.53. The maximum absolute atomic E-state index is 13.1. The zero-order valence-corrected chi connectivity index (χ0v) is 21.3. The number of aryl methyl sites for hydroxylation is 1. The summed E-state index contributed by atoms with van der Waals surface area (Å²) in [5.74, 6) is -2.33. The molecule has 8 nitrogen and oxygen atoms in total. The molecule has 2 N–H and O–H groups in total. The number of esters is 1. The molecule has 0 unspecified atom stereocenters. The summed E-state index contributed by atoms with van der Waals surface area (Å²) < 4.78 is 4.98. The minimum absolute atomic E-state index is 0.125. The third-order valence-corrected chi connectivity index (χ3v) is 6.09. The van der Waals surface area contributed by atoms with E-state index < -0.39 is 17.8 Å². The fraction of sp³-hybridized carbons (Fsp3) is 0.111. The molecule has 0 fully saturated rings. The van der Waals surface area contributed by atoms with Crippen LogP contribution >= 0.6 is 23.2 Å². The van der Waals surface area contributed by atoms with Gasteiger partial charge in [-0.3, -0.25) is 14.4 Å². The second-order valence-corrected chi connectivity index (χ2v) is 8.84. The maximum Gasteiger partial charge on any atom is 0.338 e. The quantitative estimate of drug-likeness (QED) is 0.304. The van der Waals surface area contributed by atoms with E-state index in [1.165, 1.54) is 24.3 Å². The predicted molar refractivity (Wildman–Crippen MR) is 142 cm³/mol. The molecule has 1 heterocycles. The lowest BCUT2D eigenvalue weighted by Crippen LogP contribution is -2.32. The molecule has 1 aliphatic heterocycles. The van der Waals surface area contributed by atoms with E-state index >= 15 is 0 Å². The standard InChI is InChI=1S/C27H21Cl2N3O5/c1-3-37-27(36)17-5-4-6-20(13-17)32-25(34)22(29)23(26(32)35)30-19-11-8-16(9-12-19)24(33)31-21-14-18(28)10-7-15(21)2/h4-14,30H,3H2,1-2H3,(H,31,33). The van der Waals surface area contributed by atoms with E-state index in [0.29, 0.717) is 22.0 Å². The van der Waals surface area contributed by atoms with Crippen molar-refractivity contribution < 1.29 is 23.9 Å². The van der Waals surface area contributed by atoms with Crippen LogP contribution in [0.15, 0.2) is 77.5 Å². The zero-order chi connectivity index (χ0) is 26.7. The molecule has 0 spiro atoms. The number of nitrogens with zero attached hydrogens (tertiary/aromatic N) is 1. The summed E-state index contributed by atoms with van der Waals surface area (Å²) >= 11 is 12.2. The third-order valence-electron chi connectivity index (χ3n) is 5.51. The molecule has 0 atom stereocenters. The van der Waals surface area contributed by atoms with Crippen LogP contribution in [0.3, 0.4) is 0 Å². The maximum atomic E-state index is 13.1. The molecule has 188 valence electrons. The van der Waals surface area contributed by atoms with E-state index in [1.807, 2.05) is 6.92 Å². The fourth-order valence-electron chi connectivity index (χ4n) is 3.60. The van der Waals surface area contributed by atoms with Gasteiger partial charge in [0.15, 0.2) is 0 Å². The normalized spacial score (nSPS) is 13.1. The summed E-state index contributed by atoms with van der Waals surface area (Å²) in [6, 6.07) is 17.5. The van der Waals surface area contributed by atoms with Crippen molar-refractivity contribution in [3.63, 3.8) is 0 Å². The van der Waals surface area contributed by atoms with Gasteiger partial charge >= 0.3 is 5.97 Å². The van der Waals surface area contributed by atoms with E-state index in [1.54, 1.807) is 49.4 Å². The Morgan fingerprint density at radius 3 is 2.35 bits per heavy atom. The van der Waals surface area contributed by atoms with Gasteiger partial charge < -0.3 is 15.4 Å². The van der Waals surface area contributed by atoms with Crippen LogP contribution in [0.5, 0.6) is 0 Å². The van der Waals surface area contributed by atoms with E-state index in [4.69, 9.17) is 27.9 Å². The summed E-state index contributed by atoms with van der Waals surface area (Å²) in [6.07, 6.45) is 0. The first-order valence-electron chi connectivity index (χ1n) is 11.2. The molecule has 3 amide bonds. The van der Waals surface area contributed by atoms with E-state index in [2.05, 4.69) is 10.6 Å².